The molecule has 0 aromatic rings. The zero-order valence-electron chi connectivity index (χ0n) is 52.1. The maximum absolute atomic E-state index is 12.9. The molecule has 6 nitrogen and oxygen atoms in total. The molecule has 0 fully saturated rings. The average Bonchev–Trinajstić information content (AvgIpc) is 3.45. The zero-order valence-corrected chi connectivity index (χ0v) is 52.1. The van der Waals surface area contributed by atoms with Gasteiger partial charge in [0.1, 0.15) is 13.2 Å². The van der Waals surface area contributed by atoms with Crippen molar-refractivity contribution >= 4 is 17.9 Å². The maximum atomic E-state index is 12.9. The van der Waals surface area contributed by atoms with Crippen LogP contribution in [0.5, 0.6) is 0 Å². The smallest absolute Gasteiger partial charge is 0.306 e. The molecule has 0 saturated heterocycles. The summed E-state index contributed by atoms with van der Waals surface area (Å²) in [5.41, 5.74) is 0. The van der Waals surface area contributed by atoms with Crippen LogP contribution < -0.4 is 0 Å². The predicted molar refractivity (Wildman–Crippen MR) is 344 cm³/mol. The van der Waals surface area contributed by atoms with Crippen molar-refractivity contribution in [3.05, 3.63) is 97.2 Å². The van der Waals surface area contributed by atoms with Crippen LogP contribution in [0.3, 0.4) is 0 Å². The van der Waals surface area contributed by atoms with Gasteiger partial charge in [-0.3, -0.25) is 14.4 Å². The number of rotatable bonds is 61. The second-order valence-electron chi connectivity index (χ2n) is 22.4. The summed E-state index contributed by atoms with van der Waals surface area (Å²) < 4.78 is 16.9. The summed E-state index contributed by atoms with van der Waals surface area (Å²) in [7, 11) is 0. The van der Waals surface area contributed by atoms with Crippen LogP contribution in [0.15, 0.2) is 97.2 Å². The Morgan fingerprint density at radius 3 is 0.810 bits per heavy atom. The molecule has 0 bridgehead atoms. The van der Waals surface area contributed by atoms with E-state index in [1.165, 1.54) is 173 Å². The van der Waals surface area contributed by atoms with E-state index < -0.39 is 6.10 Å². The minimum atomic E-state index is -0.785. The van der Waals surface area contributed by atoms with Gasteiger partial charge in [0.05, 0.1) is 0 Å². The van der Waals surface area contributed by atoms with Gasteiger partial charge in [0.25, 0.3) is 0 Å². The van der Waals surface area contributed by atoms with Crippen LogP contribution in [0.1, 0.15) is 329 Å². The molecule has 0 aliphatic rings. The fourth-order valence-corrected chi connectivity index (χ4v) is 9.54. The van der Waals surface area contributed by atoms with E-state index in [0.29, 0.717) is 19.3 Å². The van der Waals surface area contributed by atoms with Crippen LogP contribution in [-0.4, -0.2) is 37.2 Å². The van der Waals surface area contributed by atoms with Crippen molar-refractivity contribution < 1.29 is 28.6 Å². The van der Waals surface area contributed by atoms with E-state index in [1.807, 2.05) is 0 Å². The maximum Gasteiger partial charge on any atom is 0.306 e. The van der Waals surface area contributed by atoms with Gasteiger partial charge in [0.15, 0.2) is 6.10 Å². The highest BCUT2D eigenvalue weighted by molar-refractivity contribution is 5.71. The minimum absolute atomic E-state index is 0.0824. The molecule has 79 heavy (non-hydrogen) atoms. The zero-order chi connectivity index (χ0) is 57.1. The Kier molecular flexibility index (Phi) is 63.7. The van der Waals surface area contributed by atoms with Crippen molar-refractivity contribution in [3.63, 3.8) is 0 Å². The van der Waals surface area contributed by atoms with E-state index in [-0.39, 0.29) is 31.1 Å². The van der Waals surface area contributed by atoms with Crippen LogP contribution in [0, 0.1) is 0 Å². The van der Waals surface area contributed by atoms with Crippen LogP contribution in [0.25, 0.3) is 0 Å². The van der Waals surface area contributed by atoms with Gasteiger partial charge in [-0.15, -0.1) is 0 Å². The van der Waals surface area contributed by atoms with Gasteiger partial charge in [0.2, 0.25) is 0 Å². The van der Waals surface area contributed by atoms with E-state index in [9.17, 15) is 14.4 Å². The number of ether oxygens (including phenoxy) is 3. The van der Waals surface area contributed by atoms with E-state index in [4.69, 9.17) is 14.2 Å². The Bertz CT molecular complexity index is 1540. The van der Waals surface area contributed by atoms with E-state index >= 15 is 0 Å². The molecule has 0 rings (SSSR count). The lowest BCUT2D eigenvalue weighted by molar-refractivity contribution is -0.167. The van der Waals surface area contributed by atoms with Gasteiger partial charge < -0.3 is 14.2 Å². The average molecular weight is 1100 g/mol. The molecule has 0 amide bonds. The SMILES string of the molecule is CC/C=C\C/C=C\C/C=C\C/C=C\C/C=C\C/C=C\C/C=C\CCCCCCCCCC(=O)OCC(COC(=O)CCCCCCC/C=C\CCCCC)OC(=O)CCCCCCCCCCCCCCCCCCCCCC. The van der Waals surface area contributed by atoms with Crippen LogP contribution in [-0.2, 0) is 28.6 Å². The van der Waals surface area contributed by atoms with Crippen molar-refractivity contribution in [2.24, 2.45) is 0 Å². The third kappa shape index (κ3) is 65.0. The number of allylic oxidation sites excluding steroid dienone is 16. The molecule has 1 unspecified atom stereocenters. The van der Waals surface area contributed by atoms with Crippen molar-refractivity contribution in [1.82, 2.24) is 0 Å². The highest BCUT2D eigenvalue weighted by atomic mass is 16.6. The highest BCUT2D eigenvalue weighted by Crippen LogP contribution is 2.17. The molecular weight excluding hydrogens is 973 g/mol. The summed E-state index contributed by atoms with van der Waals surface area (Å²) in [6.07, 6.45) is 89.9. The number of unbranched alkanes of at least 4 members (excludes halogenated alkanes) is 34. The number of carbonyl (C=O) groups excluding carboxylic acids is 3. The van der Waals surface area contributed by atoms with Gasteiger partial charge in [-0.2, -0.15) is 0 Å². The van der Waals surface area contributed by atoms with Gasteiger partial charge in [-0.25, -0.2) is 0 Å². The topological polar surface area (TPSA) is 78.9 Å². The molecule has 1 atom stereocenters. The van der Waals surface area contributed by atoms with E-state index in [0.717, 1.165) is 116 Å². The quantitative estimate of drug-likeness (QED) is 0.0261. The summed E-state index contributed by atoms with van der Waals surface area (Å²) in [5.74, 6) is -0.888. The third-order valence-electron chi connectivity index (χ3n) is 14.6. The summed E-state index contributed by atoms with van der Waals surface area (Å²) in [6.45, 7) is 6.52. The van der Waals surface area contributed by atoms with Crippen LogP contribution in [0.4, 0.5) is 0 Å². The number of carbonyl (C=O) groups is 3. The first kappa shape index (κ1) is 75.3. The lowest BCUT2D eigenvalue weighted by atomic mass is 10.0. The van der Waals surface area contributed by atoms with Gasteiger partial charge in [-0.1, -0.05) is 304 Å². The Hall–Kier alpha value is -3.67. The Labute approximate surface area is 489 Å². The fraction of sp³-hybridized carbons (Fsp3) is 0.740. The van der Waals surface area contributed by atoms with Gasteiger partial charge in [0, 0.05) is 19.3 Å². The fourth-order valence-electron chi connectivity index (χ4n) is 9.54. The van der Waals surface area contributed by atoms with Crippen molar-refractivity contribution in [3.8, 4) is 0 Å². The highest BCUT2D eigenvalue weighted by Gasteiger charge is 2.19. The summed E-state index contributed by atoms with van der Waals surface area (Å²) in [5, 5.41) is 0. The van der Waals surface area contributed by atoms with Crippen LogP contribution >= 0.6 is 0 Å². The van der Waals surface area contributed by atoms with Crippen molar-refractivity contribution in [2.75, 3.05) is 13.2 Å². The molecule has 6 heteroatoms. The van der Waals surface area contributed by atoms with E-state index in [1.54, 1.807) is 0 Å². The Morgan fingerprint density at radius 2 is 0.494 bits per heavy atom. The monoisotopic (exact) mass is 1100 g/mol. The normalized spacial score (nSPS) is 12.7. The molecule has 0 saturated carbocycles. The number of hydrogen-bond acceptors (Lipinski definition) is 6. The minimum Gasteiger partial charge on any atom is -0.462 e. The molecule has 0 heterocycles. The van der Waals surface area contributed by atoms with Crippen molar-refractivity contribution in [1.29, 1.82) is 0 Å². The molecule has 0 aliphatic carbocycles. The van der Waals surface area contributed by atoms with E-state index in [2.05, 4.69) is 118 Å². The first-order chi connectivity index (χ1) is 39.0. The molecule has 0 radical (unpaired) electrons. The molecule has 0 aromatic heterocycles. The van der Waals surface area contributed by atoms with Gasteiger partial charge in [-0.05, 0) is 103 Å². The van der Waals surface area contributed by atoms with Crippen molar-refractivity contribution in [2.45, 2.75) is 335 Å². The molecule has 0 aliphatic heterocycles. The molecule has 454 valence electrons. The third-order valence-corrected chi connectivity index (χ3v) is 14.6. The summed E-state index contributed by atoms with van der Waals surface area (Å²) in [4.78, 5) is 38.3. The second-order valence-corrected chi connectivity index (χ2v) is 22.4. The summed E-state index contributed by atoms with van der Waals surface area (Å²) >= 11 is 0. The predicted octanol–water partition coefficient (Wildman–Crippen LogP) is 23.2. The first-order valence-electron chi connectivity index (χ1n) is 33.7. The first-order valence-corrected chi connectivity index (χ1v) is 33.7. The van der Waals surface area contributed by atoms with Crippen LogP contribution in [0.2, 0.25) is 0 Å². The second kappa shape index (κ2) is 66.8. The lowest BCUT2D eigenvalue weighted by Crippen LogP contribution is -2.30. The molecule has 0 spiro atoms. The molecule has 0 aromatic carbocycles. The lowest BCUT2D eigenvalue weighted by Gasteiger charge is -2.18. The standard InChI is InChI=1S/C73H126O6/c1-4-7-10-13-16-19-22-25-27-29-31-33-34-35-36-37-38-39-40-41-43-44-46-48-51-54-57-60-63-66-72(75)78-69-70(68-77-71(74)65-62-59-56-53-50-24-21-18-15-12-9-6-3)79-73(76)67-64-61-58-55-52-49-47-45-42-32-30-28-26-23-20-17-14-11-8-5-2/h7,10,16,18-19,21,25,27,31,33,35-36,38-39,41,43,70H,4-6,8-9,11-15,17,20,22-24,26,28-30,32,34,37,40,42,44-69H2,1-3H3/b10-7-,19-16-,21-18-,27-25-,33-31-,36-35-,39-38-,43-41-. The Balaban J connectivity index is 4.30. The van der Waals surface area contributed by atoms with Gasteiger partial charge >= 0.3 is 17.9 Å². The Morgan fingerprint density at radius 1 is 0.266 bits per heavy atom. The number of hydrogen-bond donors (Lipinski definition) is 0. The molecule has 0 N–H and O–H groups in total. The molecular formula is C73H126O6. The largest absolute Gasteiger partial charge is 0.462 e. The number of esters is 3. The summed E-state index contributed by atoms with van der Waals surface area (Å²) in [6, 6.07) is 0.